The molecular weight excluding hydrogens is 951 g/mol. The number of aliphatic carboxylic acids is 1. The van der Waals surface area contributed by atoms with Gasteiger partial charge in [-0.1, -0.05) is 130 Å². The molecule has 0 fully saturated rings. The summed E-state index contributed by atoms with van der Waals surface area (Å²) in [7, 11) is 0. The number of carboxylic acid groups (broad SMARTS) is 1. The molecule has 0 bridgehead atoms. The van der Waals surface area contributed by atoms with Crippen molar-refractivity contribution in [2.45, 2.75) is 149 Å². The summed E-state index contributed by atoms with van der Waals surface area (Å²) in [5.41, 5.74) is 9.57. The monoisotopic (exact) mass is 1020 g/mol. The summed E-state index contributed by atoms with van der Waals surface area (Å²) < 4.78 is 22.1. The van der Waals surface area contributed by atoms with Gasteiger partial charge in [0.15, 0.2) is 0 Å². The number of nitrogens with zero attached hydrogens (tertiary/aromatic N) is 5. The Morgan fingerprint density at radius 1 is 0.653 bits per heavy atom. The maximum Gasteiger partial charge on any atom is 0.346 e. The first kappa shape index (κ1) is 52.5. The van der Waals surface area contributed by atoms with E-state index in [2.05, 4.69) is 118 Å². The molecule has 1 N–H and O–H groups in total. The topological polar surface area (TPSA) is 121 Å². The second kappa shape index (κ2) is 25.7. The highest BCUT2D eigenvalue weighted by atomic mass is 32.1. The molecule has 12 heteroatoms. The predicted octanol–water partition coefficient (Wildman–Crippen LogP) is 18.1. The fourth-order valence-corrected chi connectivity index (χ4v) is 13.2. The van der Waals surface area contributed by atoms with E-state index in [1.165, 1.54) is 110 Å². The molecule has 376 valence electrons. The summed E-state index contributed by atoms with van der Waals surface area (Å²) >= 11 is 4.59. The average molecular weight is 1020 g/mol. The van der Waals surface area contributed by atoms with Gasteiger partial charge in [0.1, 0.15) is 34.2 Å². The first-order valence-electron chi connectivity index (χ1n) is 26.4. The molecule has 0 spiro atoms. The molecule has 0 atom stereocenters. The molecule has 4 heterocycles. The van der Waals surface area contributed by atoms with Crippen LogP contribution in [0.5, 0.6) is 11.5 Å². The van der Waals surface area contributed by atoms with Gasteiger partial charge in [-0.25, -0.2) is 4.79 Å². The van der Waals surface area contributed by atoms with Crippen LogP contribution in [0.25, 0.3) is 48.6 Å². The van der Waals surface area contributed by atoms with E-state index in [1.807, 2.05) is 12.3 Å². The summed E-state index contributed by atoms with van der Waals surface area (Å²) in [6, 6.07) is 31.8. The lowest BCUT2D eigenvalue weighted by molar-refractivity contribution is -0.132. The van der Waals surface area contributed by atoms with Gasteiger partial charge in [-0.2, -0.15) is 14.0 Å². The zero-order chi connectivity index (χ0) is 50.3. The number of carboxylic acids is 1. The molecule has 0 amide bonds. The summed E-state index contributed by atoms with van der Waals surface area (Å²) in [5.74, 6) is 0.538. The largest absolute Gasteiger partial charge is 0.494 e. The molecule has 1 aliphatic carbocycles. The standard InChI is InChI=1S/C60H69N5O4S3/c1-5-9-13-17-33-60(34-18-14-10-6-2)51-38-49(37-43(40-61)59(66)67)70-57(51)58-52(60)39-53(71-58)50-41-62-54(56-55(50)63-72-64-56)42-21-23-44(24-22-42)65(45-25-29-47(30-26-45)68-35-19-15-11-7-3)46-27-31-48(32-28-46)69-36-20-16-12-8-4/h21-32,37-39,41H,5-20,33-36H2,1-4H3,(H,66,67)/b43-37-. The minimum Gasteiger partial charge on any atom is -0.494 e. The van der Waals surface area contributed by atoms with E-state index in [9.17, 15) is 15.2 Å². The van der Waals surface area contributed by atoms with Crippen molar-refractivity contribution in [3.05, 3.63) is 113 Å². The second-order valence-corrected chi connectivity index (χ2v) is 21.8. The van der Waals surface area contributed by atoms with Crippen molar-refractivity contribution in [1.29, 1.82) is 5.26 Å². The van der Waals surface area contributed by atoms with Crippen molar-refractivity contribution in [2.75, 3.05) is 18.1 Å². The summed E-state index contributed by atoms with van der Waals surface area (Å²) in [6.45, 7) is 10.4. The Hall–Kier alpha value is -5.87. The van der Waals surface area contributed by atoms with Gasteiger partial charge < -0.3 is 19.5 Å². The SMILES string of the molecule is CCCCCCOc1ccc(N(c2ccc(OCCCCCC)cc2)c2ccc(-c3ncc(-c4cc5c(s4)-c4sc(/C=C(/C#N)C(=O)O)cc4C5(CCCCCC)CCCCCC)c4nsnc34)cc2)cc1. The first-order valence-corrected chi connectivity index (χ1v) is 28.8. The fourth-order valence-electron chi connectivity index (χ4n) is 10.1. The molecule has 0 saturated heterocycles. The molecule has 0 saturated carbocycles. The summed E-state index contributed by atoms with van der Waals surface area (Å²) in [5, 5.41) is 19.4. The van der Waals surface area contributed by atoms with Crippen molar-refractivity contribution in [2.24, 2.45) is 0 Å². The van der Waals surface area contributed by atoms with E-state index in [0.717, 1.165) is 105 Å². The molecule has 72 heavy (non-hydrogen) atoms. The number of aromatic nitrogens is 3. The third-order valence-corrected chi connectivity index (χ3v) is 16.9. The van der Waals surface area contributed by atoms with Crippen molar-refractivity contribution >= 4 is 74.5 Å². The van der Waals surface area contributed by atoms with Crippen molar-refractivity contribution in [1.82, 2.24) is 13.7 Å². The number of unbranched alkanes of at least 4 members (excludes halogenated alkanes) is 12. The molecule has 1 aliphatic rings. The van der Waals surface area contributed by atoms with E-state index in [-0.39, 0.29) is 11.0 Å². The Kier molecular flexibility index (Phi) is 18.7. The molecule has 3 aromatic carbocycles. The Morgan fingerprint density at radius 2 is 1.15 bits per heavy atom. The zero-order valence-electron chi connectivity index (χ0n) is 42.5. The number of nitriles is 1. The van der Waals surface area contributed by atoms with Crippen molar-refractivity contribution < 1.29 is 19.4 Å². The van der Waals surface area contributed by atoms with Gasteiger partial charge in [-0.05, 0) is 116 Å². The third-order valence-electron chi connectivity index (χ3n) is 14.0. The number of hydrogen-bond donors (Lipinski definition) is 1. The number of rotatable bonds is 29. The Labute approximate surface area is 438 Å². The fraction of sp³-hybridized carbons (Fsp3) is 0.417. The summed E-state index contributed by atoms with van der Waals surface area (Å²) in [4.78, 5) is 23.7. The van der Waals surface area contributed by atoms with Gasteiger partial charge in [0.05, 0.1) is 30.6 Å². The minimum atomic E-state index is -1.20. The lowest BCUT2D eigenvalue weighted by Crippen LogP contribution is -2.25. The van der Waals surface area contributed by atoms with Crippen LogP contribution in [0.1, 0.15) is 159 Å². The van der Waals surface area contributed by atoms with Crippen LogP contribution < -0.4 is 14.4 Å². The van der Waals surface area contributed by atoms with Crippen LogP contribution in [0.3, 0.4) is 0 Å². The highest BCUT2D eigenvalue weighted by Gasteiger charge is 2.45. The Morgan fingerprint density at radius 3 is 1.68 bits per heavy atom. The Balaban J connectivity index is 1.11. The van der Waals surface area contributed by atoms with Crippen LogP contribution in [0, 0.1) is 11.3 Å². The number of ether oxygens (including phenoxy) is 2. The maximum absolute atomic E-state index is 11.9. The van der Waals surface area contributed by atoms with Crippen LogP contribution in [0.15, 0.2) is 96.7 Å². The lowest BCUT2D eigenvalue weighted by atomic mass is 9.71. The van der Waals surface area contributed by atoms with E-state index in [1.54, 1.807) is 28.7 Å². The van der Waals surface area contributed by atoms with Crippen LogP contribution in [-0.2, 0) is 10.2 Å². The number of thiophene rings is 2. The van der Waals surface area contributed by atoms with Gasteiger partial charge in [-0.3, -0.25) is 4.98 Å². The van der Waals surface area contributed by atoms with Crippen LogP contribution in [0.2, 0.25) is 0 Å². The van der Waals surface area contributed by atoms with Crippen molar-refractivity contribution in [3.63, 3.8) is 0 Å². The smallest absolute Gasteiger partial charge is 0.346 e. The summed E-state index contributed by atoms with van der Waals surface area (Å²) in [6.07, 6.45) is 24.2. The Bertz CT molecular complexity index is 2860. The molecule has 8 rings (SSSR count). The second-order valence-electron chi connectivity index (χ2n) is 19.1. The number of benzene rings is 3. The van der Waals surface area contributed by atoms with Gasteiger partial charge in [0.2, 0.25) is 0 Å². The molecule has 9 nitrogen and oxygen atoms in total. The molecule has 7 aromatic rings. The molecule has 4 aromatic heterocycles. The predicted molar refractivity (Wildman–Crippen MR) is 301 cm³/mol. The average Bonchev–Trinajstić information content (AvgIpc) is 4.21. The van der Waals surface area contributed by atoms with Gasteiger partial charge in [0, 0.05) is 59.3 Å². The minimum absolute atomic E-state index is 0.199. The number of carbonyl (C=O) groups is 1. The molecule has 0 unspecified atom stereocenters. The highest BCUT2D eigenvalue weighted by molar-refractivity contribution is 7.24. The zero-order valence-corrected chi connectivity index (χ0v) is 45.0. The number of hydrogen-bond acceptors (Lipinski definition) is 11. The van der Waals surface area contributed by atoms with Gasteiger partial charge in [-0.15, -0.1) is 22.7 Å². The van der Waals surface area contributed by atoms with E-state index in [4.69, 9.17) is 23.2 Å². The number of fused-ring (bicyclic) bond motifs is 4. The van der Waals surface area contributed by atoms with E-state index >= 15 is 0 Å². The van der Waals surface area contributed by atoms with Crippen LogP contribution in [-0.4, -0.2) is 38.0 Å². The molecule has 0 radical (unpaired) electrons. The first-order chi connectivity index (χ1) is 35.3. The number of anilines is 3. The molecule has 0 aliphatic heterocycles. The van der Waals surface area contributed by atoms with Crippen molar-refractivity contribution in [3.8, 4) is 49.0 Å². The van der Waals surface area contributed by atoms with E-state index < -0.39 is 5.97 Å². The highest BCUT2D eigenvalue weighted by Crippen LogP contribution is 2.61. The maximum atomic E-state index is 11.9. The van der Waals surface area contributed by atoms with E-state index in [0.29, 0.717) is 13.2 Å². The van der Waals surface area contributed by atoms with Crippen LogP contribution >= 0.6 is 34.4 Å². The lowest BCUT2D eigenvalue weighted by Gasteiger charge is -2.31. The quantitative estimate of drug-likeness (QED) is 0.0278. The van der Waals surface area contributed by atoms with Gasteiger partial charge >= 0.3 is 5.97 Å². The van der Waals surface area contributed by atoms with Crippen LogP contribution in [0.4, 0.5) is 17.1 Å². The third kappa shape index (κ3) is 12.1. The van der Waals surface area contributed by atoms with Gasteiger partial charge in [0.25, 0.3) is 0 Å². The normalized spacial score (nSPS) is 12.7. The number of pyridine rings is 1. The molecular formula is C60H69N5O4S3.